The first-order chi connectivity index (χ1) is 5.18. The van der Waals surface area contributed by atoms with E-state index in [4.69, 9.17) is 4.74 Å². The van der Waals surface area contributed by atoms with E-state index >= 15 is 0 Å². The highest BCUT2D eigenvalue weighted by atomic mass is 16.6. The average molecular weight is 155 g/mol. The van der Waals surface area contributed by atoms with Crippen LogP contribution in [0.3, 0.4) is 0 Å². The quantitative estimate of drug-likeness (QED) is 0.444. The van der Waals surface area contributed by atoms with Crippen molar-refractivity contribution in [3.8, 4) is 0 Å². The highest BCUT2D eigenvalue weighted by molar-refractivity contribution is 5.86. The highest BCUT2D eigenvalue weighted by Crippen LogP contribution is 2.28. The number of hydrogen-bond donors (Lipinski definition) is 0. The van der Waals surface area contributed by atoms with Crippen molar-refractivity contribution in [2.45, 2.75) is 25.5 Å². The predicted octanol–water partition coefficient (Wildman–Crippen LogP) is -0.467. The van der Waals surface area contributed by atoms with Crippen LogP contribution >= 0.6 is 0 Å². The van der Waals surface area contributed by atoms with Crippen molar-refractivity contribution in [3.63, 3.8) is 0 Å². The number of nitrogens with zero attached hydrogens (tertiary/aromatic N) is 1. The summed E-state index contributed by atoms with van der Waals surface area (Å²) in [6.45, 7) is 2.07. The Bertz CT molecular complexity index is 226. The SMILES string of the molecule is CC(=O)N1C[C@H]2C[C@@H]1C(=O)O2. The summed E-state index contributed by atoms with van der Waals surface area (Å²) in [5, 5.41) is 0. The van der Waals surface area contributed by atoms with Gasteiger partial charge in [0.15, 0.2) is 0 Å². The number of likely N-dealkylation sites (tertiary alicyclic amines) is 1. The van der Waals surface area contributed by atoms with Crippen LogP contribution in [0.25, 0.3) is 0 Å². The maximum absolute atomic E-state index is 10.9. The number of carbonyl (C=O) groups is 2. The molecule has 2 fully saturated rings. The van der Waals surface area contributed by atoms with Gasteiger partial charge in [-0.2, -0.15) is 0 Å². The molecule has 0 aromatic carbocycles. The molecule has 0 radical (unpaired) electrons. The molecule has 0 aromatic heterocycles. The van der Waals surface area contributed by atoms with Crippen LogP contribution in [-0.2, 0) is 14.3 Å². The molecule has 0 aromatic rings. The molecule has 2 aliphatic heterocycles. The summed E-state index contributed by atoms with van der Waals surface area (Å²) in [4.78, 5) is 23.4. The Labute approximate surface area is 64.1 Å². The second kappa shape index (κ2) is 1.96. The fourth-order valence-electron chi connectivity index (χ4n) is 1.70. The van der Waals surface area contributed by atoms with E-state index in [1.807, 2.05) is 0 Å². The smallest absolute Gasteiger partial charge is 0.329 e. The van der Waals surface area contributed by atoms with Gasteiger partial charge in [-0.1, -0.05) is 0 Å². The summed E-state index contributed by atoms with van der Waals surface area (Å²) < 4.78 is 4.91. The number of esters is 1. The van der Waals surface area contributed by atoms with Crippen molar-refractivity contribution in [2.75, 3.05) is 6.54 Å². The molecule has 2 aliphatic rings. The Morgan fingerprint density at radius 3 is 2.82 bits per heavy atom. The molecule has 4 nitrogen and oxygen atoms in total. The summed E-state index contributed by atoms with van der Waals surface area (Å²) in [6, 6.07) is -0.280. The van der Waals surface area contributed by atoms with Crippen LogP contribution in [0.15, 0.2) is 0 Å². The molecule has 11 heavy (non-hydrogen) atoms. The normalized spacial score (nSPS) is 34.3. The van der Waals surface area contributed by atoms with Gasteiger partial charge < -0.3 is 9.64 Å². The molecule has 2 saturated heterocycles. The molecule has 0 spiro atoms. The van der Waals surface area contributed by atoms with Gasteiger partial charge in [0.25, 0.3) is 0 Å². The monoisotopic (exact) mass is 155 g/mol. The third-order valence-corrected chi connectivity index (χ3v) is 2.22. The van der Waals surface area contributed by atoms with Crippen LogP contribution in [0, 0.1) is 0 Å². The Kier molecular flexibility index (Phi) is 1.19. The Morgan fingerprint density at radius 1 is 1.73 bits per heavy atom. The van der Waals surface area contributed by atoms with Crippen molar-refractivity contribution >= 4 is 11.9 Å². The molecule has 60 valence electrons. The summed E-state index contributed by atoms with van der Waals surface area (Å²) in [7, 11) is 0. The second-order valence-electron chi connectivity index (χ2n) is 2.98. The maximum Gasteiger partial charge on any atom is 0.329 e. The third kappa shape index (κ3) is 0.818. The van der Waals surface area contributed by atoms with Crippen LogP contribution in [0.5, 0.6) is 0 Å². The summed E-state index contributed by atoms with van der Waals surface area (Å²) in [5.41, 5.74) is 0. The molecule has 2 rings (SSSR count). The lowest BCUT2D eigenvalue weighted by Gasteiger charge is -2.23. The fraction of sp³-hybridized carbons (Fsp3) is 0.714. The van der Waals surface area contributed by atoms with Gasteiger partial charge in [0.1, 0.15) is 12.1 Å². The number of ether oxygens (including phenoxy) is 1. The molecule has 2 heterocycles. The number of hydrogen-bond acceptors (Lipinski definition) is 3. The second-order valence-corrected chi connectivity index (χ2v) is 2.98. The molecule has 4 heteroatoms. The first-order valence-corrected chi connectivity index (χ1v) is 3.66. The lowest BCUT2D eigenvalue weighted by molar-refractivity contribution is -0.156. The minimum absolute atomic E-state index is 0.0311. The molecule has 1 amide bonds. The van der Waals surface area contributed by atoms with Crippen molar-refractivity contribution in [2.24, 2.45) is 0 Å². The number of amides is 1. The largest absolute Gasteiger partial charge is 0.459 e. The topological polar surface area (TPSA) is 46.6 Å². The Morgan fingerprint density at radius 2 is 2.45 bits per heavy atom. The molecule has 0 N–H and O–H groups in total. The minimum Gasteiger partial charge on any atom is -0.459 e. The molecule has 0 unspecified atom stereocenters. The Balaban J connectivity index is 2.18. The minimum atomic E-state index is -0.280. The van der Waals surface area contributed by atoms with Gasteiger partial charge in [-0.25, -0.2) is 4.79 Å². The van der Waals surface area contributed by atoms with Crippen LogP contribution in [0.1, 0.15) is 13.3 Å². The zero-order valence-electron chi connectivity index (χ0n) is 6.24. The number of morpholine rings is 1. The van der Waals surface area contributed by atoms with Crippen LogP contribution in [-0.4, -0.2) is 35.5 Å². The zero-order chi connectivity index (χ0) is 8.01. The van der Waals surface area contributed by atoms with Crippen LogP contribution < -0.4 is 0 Å². The lowest BCUT2D eigenvalue weighted by atomic mass is 10.2. The van der Waals surface area contributed by atoms with Crippen molar-refractivity contribution in [1.82, 2.24) is 4.90 Å². The zero-order valence-corrected chi connectivity index (χ0v) is 6.24. The van der Waals surface area contributed by atoms with E-state index in [1.165, 1.54) is 6.92 Å². The van der Waals surface area contributed by atoms with Crippen molar-refractivity contribution < 1.29 is 14.3 Å². The van der Waals surface area contributed by atoms with E-state index in [1.54, 1.807) is 4.90 Å². The molecule has 2 bridgehead atoms. The van der Waals surface area contributed by atoms with E-state index in [0.29, 0.717) is 13.0 Å². The summed E-state index contributed by atoms with van der Waals surface area (Å²) in [6.07, 6.45) is 0.662. The van der Waals surface area contributed by atoms with Gasteiger partial charge in [-0.3, -0.25) is 4.79 Å². The molecular formula is C7H9NO3. The van der Waals surface area contributed by atoms with Crippen molar-refractivity contribution in [1.29, 1.82) is 0 Å². The van der Waals surface area contributed by atoms with E-state index in [9.17, 15) is 9.59 Å². The molecule has 0 aliphatic carbocycles. The summed E-state index contributed by atoms with van der Waals surface area (Å²) >= 11 is 0. The Hall–Kier alpha value is -1.06. The molecular weight excluding hydrogens is 146 g/mol. The lowest BCUT2D eigenvalue weighted by Crippen LogP contribution is -2.43. The third-order valence-electron chi connectivity index (χ3n) is 2.22. The van der Waals surface area contributed by atoms with Gasteiger partial charge >= 0.3 is 5.97 Å². The molecule has 2 atom stereocenters. The van der Waals surface area contributed by atoms with E-state index in [0.717, 1.165) is 0 Å². The summed E-state index contributed by atoms with van der Waals surface area (Å²) in [5.74, 6) is -0.273. The van der Waals surface area contributed by atoms with Crippen molar-refractivity contribution in [3.05, 3.63) is 0 Å². The number of rotatable bonds is 0. The highest BCUT2D eigenvalue weighted by Gasteiger charge is 2.47. The maximum atomic E-state index is 10.9. The first kappa shape index (κ1) is 6.64. The van der Waals surface area contributed by atoms with E-state index < -0.39 is 0 Å². The predicted molar refractivity (Wildman–Crippen MR) is 35.7 cm³/mol. The first-order valence-electron chi connectivity index (χ1n) is 3.66. The molecule has 0 saturated carbocycles. The van der Waals surface area contributed by atoms with Gasteiger partial charge in [0, 0.05) is 13.3 Å². The standard InChI is InChI=1S/C7H9NO3/c1-4(9)8-3-5-2-6(8)7(10)11-5/h5-6H,2-3H2,1H3/t5-,6-/m1/s1. The van der Waals surface area contributed by atoms with E-state index in [2.05, 4.69) is 0 Å². The van der Waals surface area contributed by atoms with Gasteiger partial charge in [-0.05, 0) is 0 Å². The fourth-order valence-corrected chi connectivity index (χ4v) is 1.70. The number of fused-ring (bicyclic) bond motifs is 2. The number of carbonyl (C=O) groups excluding carboxylic acids is 2. The van der Waals surface area contributed by atoms with Gasteiger partial charge in [0.2, 0.25) is 5.91 Å². The average Bonchev–Trinajstić information content (AvgIpc) is 2.43. The van der Waals surface area contributed by atoms with Crippen LogP contribution in [0.2, 0.25) is 0 Å². The van der Waals surface area contributed by atoms with E-state index in [-0.39, 0.29) is 24.0 Å². The van der Waals surface area contributed by atoms with Gasteiger partial charge in [0.05, 0.1) is 6.54 Å². The van der Waals surface area contributed by atoms with Crippen LogP contribution in [0.4, 0.5) is 0 Å². The van der Waals surface area contributed by atoms with Gasteiger partial charge in [-0.15, -0.1) is 0 Å².